The summed E-state index contributed by atoms with van der Waals surface area (Å²) in [7, 11) is -3.88. The fraction of sp³-hybridized carbons (Fsp3) is 0. The second-order valence-electron chi connectivity index (χ2n) is 4.12. The largest absolute Gasteiger partial charge is 0.389 e. The second kappa shape index (κ2) is 5.97. The molecule has 110 valence electrons. The third-order valence-corrected chi connectivity index (χ3v) is 4.42. The highest BCUT2D eigenvalue weighted by Crippen LogP contribution is 2.22. The van der Waals surface area contributed by atoms with Crippen LogP contribution in [0.5, 0.6) is 0 Å². The summed E-state index contributed by atoms with van der Waals surface area (Å²) in [5, 5.41) is 0.284. The van der Waals surface area contributed by atoms with Gasteiger partial charge in [-0.15, -0.1) is 0 Å². The highest BCUT2D eigenvalue weighted by atomic mass is 35.5. The number of sulfonamides is 1. The van der Waals surface area contributed by atoms with Crippen LogP contribution in [0, 0.1) is 5.82 Å². The first-order chi connectivity index (χ1) is 9.79. The molecule has 2 aromatic carbocycles. The summed E-state index contributed by atoms with van der Waals surface area (Å²) in [6.07, 6.45) is 0. The first kappa shape index (κ1) is 15.7. The Morgan fingerprint density at radius 1 is 1.24 bits per heavy atom. The lowest BCUT2D eigenvalue weighted by Gasteiger charge is -2.12. The minimum absolute atomic E-state index is 0.0202. The van der Waals surface area contributed by atoms with Gasteiger partial charge in [-0.25, -0.2) is 12.8 Å². The Hall–Kier alpha value is -1.70. The lowest BCUT2D eigenvalue weighted by molar-refractivity contribution is 0.601. The summed E-state index contributed by atoms with van der Waals surface area (Å²) in [6.45, 7) is 0. The second-order valence-corrected chi connectivity index (χ2v) is 6.68. The van der Waals surface area contributed by atoms with Crippen LogP contribution in [-0.2, 0) is 10.0 Å². The molecule has 8 heteroatoms. The van der Waals surface area contributed by atoms with E-state index < -0.39 is 15.8 Å². The smallest absolute Gasteiger partial charge is 0.261 e. The molecule has 21 heavy (non-hydrogen) atoms. The van der Waals surface area contributed by atoms with Gasteiger partial charge >= 0.3 is 0 Å². The van der Waals surface area contributed by atoms with E-state index in [0.29, 0.717) is 0 Å². The minimum atomic E-state index is -3.88. The molecule has 0 heterocycles. The maximum atomic E-state index is 13.2. The van der Waals surface area contributed by atoms with Gasteiger partial charge in [-0.1, -0.05) is 29.9 Å². The highest BCUT2D eigenvalue weighted by Gasteiger charge is 2.17. The molecule has 0 bridgehead atoms. The Bertz CT molecular complexity index is 810. The Kier molecular flexibility index (Phi) is 4.46. The average molecular weight is 345 g/mol. The molecule has 0 radical (unpaired) electrons. The maximum absolute atomic E-state index is 13.2. The number of benzene rings is 2. The van der Waals surface area contributed by atoms with E-state index in [2.05, 4.69) is 4.72 Å². The molecule has 0 aliphatic carbocycles. The maximum Gasteiger partial charge on any atom is 0.261 e. The Labute approximate surface area is 131 Å². The van der Waals surface area contributed by atoms with Crippen LogP contribution in [0.25, 0.3) is 0 Å². The SMILES string of the molecule is NC(=S)c1cc(F)ccc1NS(=O)(=O)c1cccc(Cl)c1. The summed E-state index contributed by atoms with van der Waals surface area (Å²) in [5.74, 6) is -0.566. The third-order valence-electron chi connectivity index (χ3n) is 2.60. The third kappa shape index (κ3) is 3.69. The van der Waals surface area contributed by atoms with Crippen molar-refractivity contribution in [2.45, 2.75) is 4.90 Å². The van der Waals surface area contributed by atoms with Gasteiger partial charge in [0.15, 0.2) is 0 Å². The molecule has 0 aliphatic heterocycles. The Morgan fingerprint density at radius 3 is 2.57 bits per heavy atom. The first-order valence-electron chi connectivity index (χ1n) is 5.67. The van der Waals surface area contributed by atoms with Crippen molar-refractivity contribution in [1.29, 1.82) is 0 Å². The summed E-state index contributed by atoms with van der Waals surface area (Å²) in [5.41, 5.74) is 5.68. The van der Waals surface area contributed by atoms with Gasteiger partial charge in [-0.05, 0) is 36.4 Å². The molecule has 0 aliphatic rings. The van der Waals surface area contributed by atoms with E-state index >= 15 is 0 Å². The molecule has 3 N–H and O–H groups in total. The zero-order valence-electron chi connectivity index (χ0n) is 10.5. The van der Waals surface area contributed by atoms with Gasteiger partial charge in [-0.2, -0.15) is 0 Å². The predicted octanol–water partition coefficient (Wildman–Crippen LogP) is 2.91. The summed E-state index contributed by atoms with van der Waals surface area (Å²) >= 11 is 10.6. The molecule has 0 saturated carbocycles. The number of nitrogens with one attached hydrogen (secondary N) is 1. The van der Waals surface area contributed by atoms with E-state index in [0.717, 1.165) is 12.1 Å². The van der Waals surface area contributed by atoms with E-state index in [1.165, 1.54) is 24.3 Å². The van der Waals surface area contributed by atoms with Crippen molar-refractivity contribution in [2.24, 2.45) is 5.73 Å². The van der Waals surface area contributed by atoms with Gasteiger partial charge in [0.2, 0.25) is 0 Å². The minimum Gasteiger partial charge on any atom is -0.389 e. The number of thiocarbonyl (C=S) groups is 1. The molecule has 0 unspecified atom stereocenters. The van der Waals surface area contributed by atoms with Crippen molar-refractivity contribution in [3.63, 3.8) is 0 Å². The number of hydrogen-bond donors (Lipinski definition) is 2. The van der Waals surface area contributed by atoms with Crippen LogP contribution in [0.4, 0.5) is 10.1 Å². The van der Waals surface area contributed by atoms with E-state index in [1.54, 1.807) is 6.07 Å². The van der Waals surface area contributed by atoms with Crippen molar-refractivity contribution in [1.82, 2.24) is 0 Å². The number of hydrogen-bond acceptors (Lipinski definition) is 3. The van der Waals surface area contributed by atoms with Gasteiger partial charge < -0.3 is 5.73 Å². The van der Waals surface area contributed by atoms with E-state index in [4.69, 9.17) is 29.6 Å². The van der Waals surface area contributed by atoms with Gasteiger partial charge in [0, 0.05) is 10.6 Å². The summed E-state index contributed by atoms with van der Waals surface area (Å²) < 4.78 is 40.1. The fourth-order valence-corrected chi connectivity index (χ4v) is 3.20. The monoisotopic (exact) mass is 344 g/mol. The van der Waals surface area contributed by atoms with Crippen LogP contribution in [-0.4, -0.2) is 13.4 Å². The van der Waals surface area contributed by atoms with Gasteiger partial charge in [0.05, 0.1) is 10.6 Å². The fourth-order valence-electron chi connectivity index (χ4n) is 1.65. The molecule has 0 aromatic heterocycles. The van der Waals surface area contributed by atoms with E-state index in [1.807, 2.05) is 0 Å². The number of anilines is 1. The van der Waals surface area contributed by atoms with E-state index in [9.17, 15) is 12.8 Å². The molecular formula is C13H10ClFN2O2S2. The van der Waals surface area contributed by atoms with Crippen LogP contribution in [0.15, 0.2) is 47.4 Å². The summed E-state index contributed by atoms with van der Waals surface area (Å²) in [4.78, 5) is -0.133. The van der Waals surface area contributed by atoms with Gasteiger partial charge in [0.1, 0.15) is 10.8 Å². The molecule has 0 fully saturated rings. The molecule has 0 amide bonds. The van der Waals surface area contributed by atoms with Crippen LogP contribution in [0.2, 0.25) is 5.02 Å². The van der Waals surface area contributed by atoms with E-state index in [-0.39, 0.29) is 26.2 Å². The van der Waals surface area contributed by atoms with Crippen LogP contribution in [0.3, 0.4) is 0 Å². The quantitative estimate of drug-likeness (QED) is 0.836. The predicted molar refractivity (Wildman–Crippen MR) is 84.5 cm³/mol. The lowest BCUT2D eigenvalue weighted by Crippen LogP contribution is -2.18. The van der Waals surface area contributed by atoms with Crippen molar-refractivity contribution in [3.05, 3.63) is 58.9 Å². The van der Waals surface area contributed by atoms with Crippen LogP contribution in [0.1, 0.15) is 5.56 Å². The van der Waals surface area contributed by atoms with Crippen molar-refractivity contribution in [2.75, 3.05) is 4.72 Å². The average Bonchev–Trinajstić information content (AvgIpc) is 2.40. The standard InChI is InChI=1S/C13H10ClFN2O2S2/c14-8-2-1-3-10(6-8)21(18,19)17-12-5-4-9(15)7-11(12)13(16)20/h1-7,17H,(H2,16,20). The Morgan fingerprint density at radius 2 is 1.95 bits per heavy atom. The zero-order valence-corrected chi connectivity index (χ0v) is 12.9. The van der Waals surface area contributed by atoms with Crippen molar-refractivity contribution in [3.8, 4) is 0 Å². The topological polar surface area (TPSA) is 72.2 Å². The van der Waals surface area contributed by atoms with Crippen LogP contribution < -0.4 is 10.5 Å². The van der Waals surface area contributed by atoms with Gasteiger partial charge in [-0.3, -0.25) is 4.72 Å². The molecule has 0 atom stereocenters. The van der Waals surface area contributed by atoms with Crippen LogP contribution >= 0.6 is 23.8 Å². The zero-order chi connectivity index (χ0) is 15.6. The molecule has 4 nitrogen and oxygen atoms in total. The molecule has 2 rings (SSSR count). The summed E-state index contributed by atoms with van der Waals surface area (Å²) in [6, 6.07) is 9.18. The lowest BCUT2D eigenvalue weighted by atomic mass is 10.2. The molecular weight excluding hydrogens is 335 g/mol. The molecule has 0 saturated heterocycles. The van der Waals surface area contributed by atoms with Crippen molar-refractivity contribution >= 4 is 44.5 Å². The first-order valence-corrected chi connectivity index (χ1v) is 7.94. The highest BCUT2D eigenvalue weighted by molar-refractivity contribution is 7.92. The molecule has 2 aromatic rings. The number of nitrogens with two attached hydrogens (primary N) is 1. The number of rotatable bonds is 4. The number of halogens is 2. The van der Waals surface area contributed by atoms with Gasteiger partial charge in [0.25, 0.3) is 10.0 Å². The van der Waals surface area contributed by atoms with Crippen molar-refractivity contribution < 1.29 is 12.8 Å². The normalized spacial score (nSPS) is 11.1. The molecule has 0 spiro atoms. The Balaban J connectivity index is 2.44.